The number of nitrogens with one attached hydrogen (secondary N) is 2. The van der Waals surface area contributed by atoms with Gasteiger partial charge in [0.2, 0.25) is 5.96 Å². The van der Waals surface area contributed by atoms with Gasteiger partial charge in [-0.25, -0.2) is 5.84 Å². The van der Waals surface area contributed by atoms with Crippen LogP contribution in [0.25, 0.3) is 0 Å². The summed E-state index contributed by atoms with van der Waals surface area (Å²) in [7, 11) is 0. The molecule has 0 amide bonds. The van der Waals surface area contributed by atoms with Crippen molar-refractivity contribution < 1.29 is 0 Å². The summed E-state index contributed by atoms with van der Waals surface area (Å²) >= 11 is 9.31. The summed E-state index contributed by atoms with van der Waals surface area (Å²) in [4.78, 5) is 4.23. The van der Waals surface area contributed by atoms with Crippen LogP contribution < -0.4 is 16.6 Å². The van der Waals surface area contributed by atoms with Gasteiger partial charge in [-0.1, -0.05) is 18.5 Å². The quantitative estimate of drug-likeness (QED) is 0.348. The summed E-state index contributed by atoms with van der Waals surface area (Å²) in [5.74, 6) is 5.88. The second kappa shape index (κ2) is 6.73. The third-order valence-electron chi connectivity index (χ3n) is 1.81. The van der Waals surface area contributed by atoms with Crippen molar-refractivity contribution in [3.05, 3.63) is 27.7 Å². The number of anilines is 1. The Kier molecular flexibility index (Phi) is 5.59. The lowest BCUT2D eigenvalue weighted by Crippen LogP contribution is -2.36. The highest BCUT2D eigenvalue weighted by molar-refractivity contribution is 9.10. The summed E-state index contributed by atoms with van der Waals surface area (Å²) < 4.78 is 0.899. The van der Waals surface area contributed by atoms with Crippen LogP contribution in [0.5, 0.6) is 0 Å². The van der Waals surface area contributed by atoms with Gasteiger partial charge in [-0.2, -0.15) is 0 Å². The van der Waals surface area contributed by atoms with E-state index in [1.165, 1.54) is 0 Å². The number of hydrogen-bond acceptors (Lipinski definition) is 2. The first-order valence-corrected chi connectivity index (χ1v) is 6.07. The summed E-state index contributed by atoms with van der Waals surface area (Å²) in [6, 6.07) is 5.46. The van der Waals surface area contributed by atoms with E-state index < -0.39 is 0 Å². The van der Waals surface area contributed by atoms with Crippen LogP contribution in [-0.4, -0.2) is 12.5 Å². The van der Waals surface area contributed by atoms with Gasteiger partial charge in [0.25, 0.3) is 0 Å². The van der Waals surface area contributed by atoms with Crippen molar-refractivity contribution in [1.29, 1.82) is 0 Å². The van der Waals surface area contributed by atoms with Gasteiger partial charge in [0.1, 0.15) is 0 Å². The van der Waals surface area contributed by atoms with E-state index in [0.717, 1.165) is 16.6 Å². The second-order valence-corrected chi connectivity index (χ2v) is 4.41. The van der Waals surface area contributed by atoms with E-state index >= 15 is 0 Å². The van der Waals surface area contributed by atoms with Crippen molar-refractivity contribution in [2.45, 2.75) is 13.3 Å². The molecule has 0 fully saturated rings. The van der Waals surface area contributed by atoms with Gasteiger partial charge in [0.15, 0.2) is 0 Å². The van der Waals surface area contributed by atoms with Crippen LogP contribution in [0.3, 0.4) is 0 Å². The van der Waals surface area contributed by atoms with Gasteiger partial charge in [0, 0.05) is 16.0 Å². The molecule has 0 spiro atoms. The van der Waals surface area contributed by atoms with Crippen molar-refractivity contribution in [3.8, 4) is 0 Å². The van der Waals surface area contributed by atoms with Gasteiger partial charge in [-0.05, 0) is 40.5 Å². The third kappa shape index (κ3) is 4.00. The first-order valence-electron chi connectivity index (χ1n) is 4.90. The molecule has 16 heavy (non-hydrogen) atoms. The third-order valence-corrected chi connectivity index (χ3v) is 2.74. The fourth-order valence-corrected chi connectivity index (χ4v) is 1.58. The van der Waals surface area contributed by atoms with Gasteiger partial charge in [-0.15, -0.1) is 0 Å². The Balaban J connectivity index is 2.81. The number of rotatable bonds is 3. The predicted molar refractivity (Wildman–Crippen MR) is 72.7 cm³/mol. The number of nitrogens with zero attached hydrogens (tertiary/aromatic N) is 1. The lowest BCUT2D eigenvalue weighted by atomic mass is 10.3. The minimum atomic E-state index is 0.518. The van der Waals surface area contributed by atoms with Gasteiger partial charge >= 0.3 is 0 Å². The molecular formula is C10H14BrClN4. The number of halogens is 2. The second-order valence-electron chi connectivity index (χ2n) is 3.12. The van der Waals surface area contributed by atoms with Crippen LogP contribution in [-0.2, 0) is 0 Å². The SMILES string of the molecule is CCCN=C(NN)Nc1cc(Cl)ccc1Br. The lowest BCUT2D eigenvalue weighted by Gasteiger charge is -2.10. The van der Waals surface area contributed by atoms with E-state index in [1.807, 2.05) is 13.0 Å². The van der Waals surface area contributed by atoms with Crippen LogP contribution in [0.4, 0.5) is 5.69 Å². The van der Waals surface area contributed by atoms with Crippen molar-refractivity contribution >= 4 is 39.2 Å². The van der Waals surface area contributed by atoms with E-state index in [4.69, 9.17) is 17.4 Å². The maximum Gasteiger partial charge on any atom is 0.210 e. The molecule has 0 atom stereocenters. The molecule has 4 nitrogen and oxygen atoms in total. The summed E-state index contributed by atoms with van der Waals surface area (Å²) in [6.45, 7) is 2.76. The lowest BCUT2D eigenvalue weighted by molar-refractivity contribution is 0.905. The zero-order valence-electron chi connectivity index (χ0n) is 8.93. The molecule has 0 aromatic heterocycles. The Morgan fingerprint density at radius 1 is 1.56 bits per heavy atom. The number of benzene rings is 1. The topological polar surface area (TPSA) is 62.4 Å². The molecule has 0 radical (unpaired) electrons. The molecule has 0 aliphatic heterocycles. The first-order chi connectivity index (χ1) is 7.67. The van der Waals surface area contributed by atoms with Crippen molar-refractivity contribution in [1.82, 2.24) is 5.43 Å². The highest BCUT2D eigenvalue weighted by atomic mass is 79.9. The summed E-state index contributed by atoms with van der Waals surface area (Å²) in [6.07, 6.45) is 0.962. The molecule has 1 aromatic rings. The molecule has 1 aromatic carbocycles. The Bertz CT molecular complexity index is 381. The minimum absolute atomic E-state index is 0.518. The fourth-order valence-electron chi connectivity index (χ4n) is 1.07. The molecule has 6 heteroatoms. The zero-order chi connectivity index (χ0) is 12.0. The molecule has 0 heterocycles. The average molecular weight is 306 g/mol. The van der Waals surface area contributed by atoms with Crippen LogP contribution in [0.2, 0.25) is 5.02 Å². The van der Waals surface area contributed by atoms with Crippen molar-refractivity contribution in [2.75, 3.05) is 11.9 Å². The normalized spacial score (nSPS) is 11.4. The Morgan fingerprint density at radius 2 is 2.31 bits per heavy atom. The molecule has 1 rings (SSSR count). The number of guanidine groups is 1. The number of nitrogens with two attached hydrogens (primary N) is 1. The molecular weight excluding hydrogens is 291 g/mol. The van der Waals surface area contributed by atoms with E-state index in [1.54, 1.807) is 12.1 Å². The Labute approximate surface area is 108 Å². The van der Waals surface area contributed by atoms with E-state index in [9.17, 15) is 0 Å². The highest BCUT2D eigenvalue weighted by Crippen LogP contribution is 2.25. The van der Waals surface area contributed by atoms with E-state index in [2.05, 4.69) is 31.7 Å². The predicted octanol–water partition coefficient (Wildman–Crippen LogP) is 2.74. The van der Waals surface area contributed by atoms with Gasteiger partial charge in [0.05, 0.1) is 5.69 Å². The maximum atomic E-state index is 5.90. The first kappa shape index (κ1) is 13.3. The highest BCUT2D eigenvalue weighted by Gasteiger charge is 2.03. The minimum Gasteiger partial charge on any atom is -0.324 e. The summed E-state index contributed by atoms with van der Waals surface area (Å²) in [5.41, 5.74) is 3.33. The largest absolute Gasteiger partial charge is 0.324 e. The molecule has 0 aliphatic carbocycles. The number of hydrazine groups is 1. The zero-order valence-corrected chi connectivity index (χ0v) is 11.3. The van der Waals surface area contributed by atoms with E-state index in [-0.39, 0.29) is 0 Å². The molecule has 0 bridgehead atoms. The van der Waals surface area contributed by atoms with Crippen molar-refractivity contribution in [2.24, 2.45) is 10.8 Å². The molecule has 0 aliphatic rings. The fraction of sp³-hybridized carbons (Fsp3) is 0.300. The molecule has 88 valence electrons. The van der Waals surface area contributed by atoms with Crippen LogP contribution in [0.15, 0.2) is 27.7 Å². The number of aliphatic imine (C=N–C) groups is 1. The molecule has 0 saturated carbocycles. The molecule has 0 saturated heterocycles. The Morgan fingerprint density at radius 3 is 2.94 bits per heavy atom. The Hall–Kier alpha value is -0.780. The van der Waals surface area contributed by atoms with Crippen LogP contribution in [0, 0.1) is 0 Å². The molecule has 4 N–H and O–H groups in total. The van der Waals surface area contributed by atoms with Crippen LogP contribution in [0.1, 0.15) is 13.3 Å². The van der Waals surface area contributed by atoms with Crippen LogP contribution >= 0.6 is 27.5 Å². The van der Waals surface area contributed by atoms with Crippen molar-refractivity contribution in [3.63, 3.8) is 0 Å². The molecule has 0 unspecified atom stereocenters. The average Bonchev–Trinajstić information content (AvgIpc) is 2.28. The van der Waals surface area contributed by atoms with Gasteiger partial charge < -0.3 is 5.32 Å². The maximum absolute atomic E-state index is 5.90. The van der Waals surface area contributed by atoms with Gasteiger partial charge in [-0.3, -0.25) is 10.4 Å². The summed E-state index contributed by atoms with van der Waals surface area (Å²) in [5, 5.41) is 3.71. The smallest absolute Gasteiger partial charge is 0.210 e. The monoisotopic (exact) mass is 304 g/mol. The van der Waals surface area contributed by atoms with E-state index in [0.29, 0.717) is 17.5 Å². The standard InChI is InChI=1S/C10H14BrClN4/c1-2-5-14-10(16-13)15-9-6-7(12)3-4-8(9)11/h3-4,6H,2,5,13H2,1H3,(H2,14,15,16). The number of hydrogen-bond donors (Lipinski definition) is 3.